The van der Waals surface area contributed by atoms with Crippen molar-refractivity contribution < 1.29 is 19.4 Å². The van der Waals surface area contributed by atoms with Crippen LogP contribution >= 0.6 is 11.6 Å². The van der Waals surface area contributed by atoms with Crippen LogP contribution in [-0.2, 0) is 4.79 Å². The van der Waals surface area contributed by atoms with Gasteiger partial charge in [0.15, 0.2) is 0 Å². The first-order valence-corrected chi connectivity index (χ1v) is 7.19. The van der Waals surface area contributed by atoms with Gasteiger partial charge >= 0.3 is 5.97 Å². The minimum absolute atomic E-state index is 0.0293. The van der Waals surface area contributed by atoms with Crippen LogP contribution in [0.15, 0.2) is 48.0 Å². The Labute approximate surface area is 137 Å². The first-order valence-electron chi connectivity index (χ1n) is 6.81. The Kier molecular flexibility index (Phi) is 4.04. The largest absolute Gasteiger partial charge is 0.488 e. The average Bonchev–Trinajstić information content (AvgIpc) is 2.54. The van der Waals surface area contributed by atoms with E-state index in [4.69, 9.17) is 21.4 Å². The van der Waals surface area contributed by atoms with Gasteiger partial charge in [0, 0.05) is 10.6 Å². The van der Waals surface area contributed by atoms with Crippen molar-refractivity contribution in [3.8, 4) is 5.75 Å². The molecule has 23 heavy (non-hydrogen) atoms. The quantitative estimate of drug-likeness (QED) is 0.904. The number of para-hydroxylation sites is 1. The third-order valence-electron chi connectivity index (χ3n) is 3.38. The highest BCUT2D eigenvalue weighted by Crippen LogP contribution is 2.29. The summed E-state index contributed by atoms with van der Waals surface area (Å²) in [7, 11) is 0. The number of carboxylic acids is 1. The second kappa shape index (κ2) is 6.14. The Morgan fingerprint density at radius 1 is 1.17 bits per heavy atom. The Morgan fingerprint density at radius 2 is 1.96 bits per heavy atom. The monoisotopic (exact) mass is 329 g/mol. The molecule has 0 aliphatic carbocycles. The number of halogens is 1. The van der Waals surface area contributed by atoms with Crippen LogP contribution < -0.4 is 10.1 Å². The van der Waals surface area contributed by atoms with E-state index in [0.717, 1.165) is 0 Å². The van der Waals surface area contributed by atoms with Crippen LogP contribution in [0.3, 0.4) is 0 Å². The summed E-state index contributed by atoms with van der Waals surface area (Å²) in [5.41, 5.74) is 1.37. The molecule has 0 aromatic heterocycles. The number of carbonyl (C=O) groups excluding carboxylic acids is 1. The molecule has 0 saturated heterocycles. The topological polar surface area (TPSA) is 75.6 Å². The van der Waals surface area contributed by atoms with Crippen LogP contribution in [0.4, 0.5) is 5.69 Å². The van der Waals surface area contributed by atoms with Crippen LogP contribution in [0.5, 0.6) is 5.75 Å². The fourth-order valence-electron chi connectivity index (χ4n) is 2.26. The zero-order valence-corrected chi connectivity index (χ0v) is 12.6. The van der Waals surface area contributed by atoms with E-state index in [1.807, 2.05) is 0 Å². The number of aromatic carboxylic acids is 1. The summed E-state index contributed by atoms with van der Waals surface area (Å²) in [4.78, 5) is 23.5. The summed E-state index contributed by atoms with van der Waals surface area (Å²) >= 11 is 5.94. The van der Waals surface area contributed by atoms with E-state index < -0.39 is 11.9 Å². The zero-order chi connectivity index (χ0) is 16.4. The maximum atomic E-state index is 12.4. The maximum absolute atomic E-state index is 12.4. The van der Waals surface area contributed by atoms with Crippen molar-refractivity contribution in [2.45, 2.75) is 0 Å². The number of nitrogens with one attached hydrogen (secondary N) is 1. The molecule has 0 unspecified atom stereocenters. The van der Waals surface area contributed by atoms with E-state index >= 15 is 0 Å². The lowest BCUT2D eigenvalue weighted by molar-refractivity contribution is -0.113. The molecule has 1 heterocycles. The highest BCUT2D eigenvalue weighted by Gasteiger charge is 2.19. The van der Waals surface area contributed by atoms with Gasteiger partial charge in [-0.1, -0.05) is 23.7 Å². The lowest BCUT2D eigenvalue weighted by atomic mass is 10.1. The van der Waals surface area contributed by atoms with Crippen LogP contribution in [0.2, 0.25) is 5.02 Å². The number of fused-ring (bicyclic) bond motifs is 1. The second-order valence-corrected chi connectivity index (χ2v) is 5.38. The van der Waals surface area contributed by atoms with Crippen molar-refractivity contribution in [2.75, 3.05) is 11.9 Å². The molecule has 2 aromatic carbocycles. The van der Waals surface area contributed by atoms with Crippen molar-refractivity contribution in [3.05, 3.63) is 64.2 Å². The van der Waals surface area contributed by atoms with Gasteiger partial charge in [0.05, 0.1) is 16.8 Å². The predicted molar refractivity (Wildman–Crippen MR) is 87.0 cm³/mol. The Balaban J connectivity index is 1.86. The predicted octanol–water partition coefficient (Wildman–Crippen LogP) is 3.45. The normalized spacial score (nSPS) is 12.7. The molecule has 0 radical (unpaired) electrons. The molecule has 0 bridgehead atoms. The highest BCUT2D eigenvalue weighted by atomic mass is 35.5. The lowest BCUT2D eigenvalue weighted by Crippen LogP contribution is -2.22. The molecular formula is C17H12ClNO4. The maximum Gasteiger partial charge on any atom is 0.337 e. The number of ether oxygens (including phenoxy) is 1. The van der Waals surface area contributed by atoms with Gasteiger partial charge in [-0.3, -0.25) is 4.79 Å². The first kappa shape index (κ1) is 15.1. The average molecular weight is 330 g/mol. The van der Waals surface area contributed by atoms with Gasteiger partial charge < -0.3 is 15.2 Å². The number of carboxylic acid groups (broad SMARTS) is 1. The molecule has 2 aromatic rings. The summed E-state index contributed by atoms with van der Waals surface area (Å²) in [6.45, 7) is 0.107. The third-order valence-corrected chi connectivity index (χ3v) is 3.62. The fourth-order valence-corrected chi connectivity index (χ4v) is 2.44. The van der Waals surface area contributed by atoms with Gasteiger partial charge in [-0.15, -0.1) is 0 Å². The Morgan fingerprint density at radius 3 is 2.74 bits per heavy atom. The van der Waals surface area contributed by atoms with Crippen LogP contribution in [-0.4, -0.2) is 23.6 Å². The molecule has 0 spiro atoms. The molecule has 1 aliphatic heterocycles. The summed E-state index contributed by atoms with van der Waals surface area (Å²) < 4.78 is 5.52. The molecule has 1 aliphatic rings. The lowest BCUT2D eigenvalue weighted by Gasteiger charge is -2.18. The number of carbonyl (C=O) groups is 2. The van der Waals surface area contributed by atoms with Crippen molar-refractivity contribution >= 4 is 35.2 Å². The number of hydrogen-bond donors (Lipinski definition) is 2. The third kappa shape index (κ3) is 3.19. The summed E-state index contributed by atoms with van der Waals surface area (Å²) in [6, 6.07) is 11.4. The van der Waals surface area contributed by atoms with Crippen LogP contribution in [0, 0.1) is 0 Å². The highest BCUT2D eigenvalue weighted by molar-refractivity contribution is 6.30. The van der Waals surface area contributed by atoms with Crippen molar-refractivity contribution in [2.24, 2.45) is 0 Å². The standard InChI is InChI=1S/C17H12ClNO4/c18-12-5-6-15-10(8-12)7-11(9-23-15)16(20)19-14-4-2-1-3-13(14)17(21)22/h1-8H,9H2,(H,19,20)(H,21,22). The van der Waals surface area contributed by atoms with Crippen molar-refractivity contribution in [3.63, 3.8) is 0 Å². The van der Waals surface area contributed by atoms with E-state index in [1.54, 1.807) is 36.4 Å². The van der Waals surface area contributed by atoms with E-state index in [9.17, 15) is 9.59 Å². The number of hydrogen-bond acceptors (Lipinski definition) is 3. The van der Waals surface area contributed by atoms with Gasteiger partial charge in [-0.2, -0.15) is 0 Å². The number of anilines is 1. The molecule has 6 heteroatoms. The zero-order valence-electron chi connectivity index (χ0n) is 11.9. The van der Waals surface area contributed by atoms with Gasteiger partial charge in [0.1, 0.15) is 12.4 Å². The fraction of sp³-hybridized carbons (Fsp3) is 0.0588. The summed E-state index contributed by atoms with van der Waals surface area (Å²) in [5.74, 6) is -0.867. The molecule has 2 N–H and O–H groups in total. The minimum atomic E-state index is -1.10. The van der Waals surface area contributed by atoms with Gasteiger partial charge in [-0.25, -0.2) is 4.79 Å². The van der Waals surface area contributed by atoms with E-state index in [2.05, 4.69) is 5.32 Å². The SMILES string of the molecule is O=C(Nc1ccccc1C(=O)O)C1=Cc2cc(Cl)ccc2OC1. The molecule has 1 amide bonds. The van der Waals surface area contributed by atoms with Gasteiger partial charge in [0.25, 0.3) is 5.91 Å². The van der Waals surface area contributed by atoms with Crippen LogP contribution in [0.25, 0.3) is 6.08 Å². The Bertz CT molecular complexity index is 829. The molecule has 0 saturated carbocycles. The number of rotatable bonds is 3. The summed E-state index contributed by atoms with van der Waals surface area (Å²) in [6.07, 6.45) is 1.68. The second-order valence-electron chi connectivity index (χ2n) is 4.95. The van der Waals surface area contributed by atoms with E-state index in [-0.39, 0.29) is 17.9 Å². The molecule has 5 nitrogen and oxygen atoms in total. The summed E-state index contributed by atoms with van der Waals surface area (Å²) in [5, 5.41) is 12.3. The molecule has 3 rings (SSSR count). The smallest absolute Gasteiger partial charge is 0.337 e. The van der Waals surface area contributed by atoms with Gasteiger partial charge in [0.2, 0.25) is 0 Å². The Hall–Kier alpha value is -2.79. The van der Waals surface area contributed by atoms with E-state index in [0.29, 0.717) is 21.9 Å². The number of amides is 1. The van der Waals surface area contributed by atoms with Crippen molar-refractivity contribution in [1.29, 1.82) is 0 Å². The van der Waals surface area contributed by atoms with Crippen molar-refractivity contribution in [1.82, 2.24) is 0 Å². The van der Waals surface area contributed by atoms with Crippen LogP contribution in [0.1, 0.15) is 15.9 Å². The minimum Gasteiger partial charge on any atom is -0.488 e. The number of benzene rings is 2. The van der Waals surface area contributed by atoms with E-state index in [1.165, 1.54) is 12.1 Å². The molecule has 0 atom stereocenters. The molecular weight excluding hydrogens is 318 g/mol. The first-order chi connectivity index (χ1) is 11.0. The molecule has 116 valence electrons. The molecule has 0 fully saturated rings. The van der Waals surface area contributed by atoms with Gasteiger partial charge in [-0.05, 0) is 36.4 Å².